The minimum Gasteiger partial charge on any atom is -0.505 e. The first-order valence-corrected chi connectivity index (χ1v) is 6.26. The number of aliphatic hydroxyl groups is 1. The second kappa shape index (κ2) is 6.16. The summed E-state index contributed by atoms with van der Waals surface area (Å²) in [5.41, 5.74) is 6.38. The number of aliphatic hydroxyl groups excluding tert-OH is 1. The fourth-order valence-electron chi connectivity index (χ4n) is 1.81. The van der Waals surface area contributed by atoms with Crippen LogP contribution in [0.25, 0.3) is 0 Å². The fourth-order valence-corrected chi connectivity index (χ4v) is 1.81. The number of rotatable bonds is 4. The van der Waals surface area contributed by atoms with Gasteiger partial charge in [0.25, 0.3) is 0 Å². The molecule has 0 radical (unpaired) electrons. The lowest BCUT2D eigenvalue weighted by Crippen LogP contribution is -1.99. The van der Waals surface area contributed by atoms with E-state index in [0.717, 1.165) is 11.3 Å². The van der Waals surface area contributed by atoms with E-state index in [-0.39, 0.29) is 12.4 Å². The molecule has 1 heterocycles. The van der Waals surface area contributed by atoms with Crippen molar-refractivity contribution in [3.05, 3.63) is 52.8 Å². The molecule has 0 amide bonds. The molecule has 5 nitrogen and oxygen atoms in total. The highest BCUT2D eigenvalue weighted by molar-refractivity contribution is 5.86. The van der Waals surface area contributed by atoms with Crippen molar-refractivity contribution in [3.63, 3.8) is 0 Å². The first kappa shape index (κ1) is 14.0. The molecule has 0 bridgehead atoms. The Kier molecular flexibility index (Phi) is 4.32. The van der Waals surface area contributed by atoms with Crippen LogP contribution in [0.4, 0.5) is 5.69 Å². The van der Waals surface area contributed by atoms with E-state index in [2.05, 4.69) is 15.5 Å². The van der Waals surface area contributed by atoms with E-state index in [1.54, 1.807) is 6.92 Å². The Morgan fingerprint density at radius 3 is 2.85 bits per heavy atom. The standard InChI is InChI=1S/C15H17N3O2/c1-10-4-3-5-13(6-10)18-17-8-14-12(9-19)7-16-11(2)15(14)20/h3-8,18-20H,9H2,1-2H3/b17-8+. The van der Waals surface area contributed by atoms with E-state index < -0.39 is 0 Å². The number of hydrogen-bond acceptors (Lipinski definition) is 5. The van der Waals surface area contributed by atoms with Crippen molar-refractivity contribution in [2.24, 2.45) is 5.10 Å². The van der Waals surface area contributed by atoms with E-state index in [0.29, 0.717) is 16.8 Å². The predicted molar refractivity (Wildman–Crippen MR) is 79.0 cm³/mol. The SMILES string of the molecule is Cc1cccc(N/N=C/c2c(CO)cnc(C)c2O)c1. The number of pyridine rings is 1. The maximum Gasteiger partial charge on any atom is 0.145 e. The number of nitrogens with zero attached hydrogens (tertiary/aromatic N) is 2. The Bertz CT molecular complexity index is 639. The van der Waals surface area contributed by atoms with E-state index in [9.17, 15) is 10.2 Å². The molecule has 0 saturated carbocycles. The molecule has 0 atom stereocenters. The van der Waals surface area contributed by atoms with Crippen LogP contribution in [-0.4, -0.2) is 21.4 Å². The van der Waals surface area contributed by atoms with Crippen LogP contribution >= 0.6 is 0 Å². The minimum atomic E-state index is -0.202. The Labute approximate surface area is 117 Å². The molecule has 20 heavy (non-hydrogen) atoms. The summed E-state index contributed by atoms with van der Waals surface area (Å²) in [5.74, 6) is 0.0337. The van der Waals surface area contributed by atoms with Crippen LogP contribution in [0.3, 0.4) is 0 Å². The van der Waals surface area contributed by atoms with Crippen molar-refractivity contribution in [1.29, 1.82) is 0 Å². The van der Waals surface area contributed by atoms with Crippen LogP contribution in [0.5, 0.6) is 5.75 Å². The van der Waals surface area contributed by atoms with Gasteiger partial charge in [-0.3, -0.25) is 10.4 Å². The number of benzene rings is 1. The number of aryl methyl sites for hydroxylation is 2. The molecule has 1 aromatic heterocycles. The first-order valence-electron chi connectivity index (χ1n) is 6.26. The van der Waals surface area contributed by atoms with Gasteiger partial charge >= 0.3 is 0 Å². The molecular formula is C15H17N3O2. The Morgan fingerprint density at radius 1 is 1.35 bits per heavy atom. The van der Waals surface area contributed by atoms with Crippen molar-refractivity contribution in [3.8, 4) is 5.75 Å². The van der Waals surface area contributed by atoms with Gasteiger partial charge in [0.15, 0.2) is 0 Å². The third-order valence-corrected chi connectivity index (χ3v) is 2.93. The van der Waals surface area contributed by atoms with Crippen LogP contribution in [0, 0.1) is 13.8 Å². The lowest BCUT2D eigenvalue weighted by molar-refractivity contribution is 0.280. The molecule has 0 unspecified atom stereocenters. The highest BCUT2D eigenvalue weighted by Crippen LogP contribution is 2.22. The molecule has 104 valence electrons. The van der Waals surface area contributed by atoms with E-state index in [4.69, 9.17) is 0 Å². The van der Waals surface area contributed by atoms with Crippen LogP contribution in [0.1, 0.15) is 22.4 Å². The largest absolute Gasteiger partial charge is 0.505 e. The van der Waals surface area contributed by atoms with Crippen LogP contribution in [-0.2, 0) is 6.61 Å². The van der Waals surface area contributed by atoms with Crippen molar-refractivity contribution in [1.82, 2.24) is 4.98 Å². The van der Waals surface area contributed by atoms with Gasteiger partial charge in [0.05, 0.1) is 24.2 Å². The van der Waals surface area contributed by atoms with Gasteiger partial charge in [0.2, 0.25) is 0 Å². The predicted octanol–water partition coefficient (Wildman–Crippen LogP) is 2.34. The van der Waals surface area contributed by atoms with Crippen molar-refractivity contribution in [2.45, 2.75) is 20.5 Å². The Balaban J connectivity index is 2.21. The summed E-state index contributed by atoms with van der Waals surface area (Å²) in [7, 11) is 0. The quantitative estimate of drug-likeness (QED) is 0.589. The van der Waals surface area contributed by atoms with Gasteiger partial charge in [-0.1, -0.05) is 12.1 Å². The number of hydrogen-bond donors (Lipinski definition) is 3. The van der Waals surface area contributed by atoms with E-state index in [1.165, 1.54) is 12.4 Å². The maximum atomic E-state index is 9.96. The fraction of sp³-hybridized carbons (Fsp3) is 0.200. The number of anilines is 1. The van der Waals surface area contributed by atoms with Gasteiger partial charge in [0.1, 0.15) is 5.75 Å². The summed E-state index contributed by atoms with van der Waals surface area (Å²) in [6, 6.07) is 7.79. The van der Waals surface area contributed by atoms with Gasteiger partial charge < -0.3 is 10.2 Å². The lowest BCUT2D eigenvalue weighted by atomic mass is 10.1. The number of nitrogens with one attached hydrogen (secondary N) is 1. The molecule has 2 aromatic rings. The summed E-state index contributed by atoms with van der Waals surface area (Å²) in [6.07, 6.45) is 3.01. The molecule has 0 saturated heterocycles. The first-order chi connectivity index (χ1) is 9.61. The topological polar surface area (TPSA) is 77.7 Å². The van der Waals surface area contributed by atoms with Crippen LogP contribution in [0.2, 0.25) is 0 Å². The average Bonchev–Trinajstić information content (AvgIpc) is 2.44. The summed E-state index contributed by atoms with van der Waals surface area (Å²) < 4.78 is 0. The third kappa shape index (κ3) is 3.13. The molecule has 0 spiro atoms. The Hall–Kier alpha value is -2.40. The maximum absolute atomic E-state index is 9.96. The normalized spacial score (nSPS) is 10.9. The lowest BCUT2D eigenvalue weighted by Gasteiger charge is -2.07. The molecule has 0 aliphatic heterocycles. The smallest absolute Gasteiger partial charge is 0.145 e. The zero-order valence-corrected chi connectivity index (χ0v) is 11.5. The van der Waals surface area contributed by atoms with Crippen LogP contribution in [0.15, 0.2) is 35.6 Å². The van der Waals surface area contributed by atoms with Gasteiger partial charge in [0, 0.05) is 17.3 Å². The van der Waals surface area contributed by atoms with Gasteiger partial charge in [-0.05, 0) is 31.5 Å². The van der Waals surface area contributed by atoms with Crippen molar-refractivity contribution < 1.29 is 10.2 Å². The summed E-state index contributed by atoms with van der Waals surface area (Å²) in [5, 5.41) is 23.3. The zero-order valence-electron chi connectivity index (χ0n) is 11.5. The summed E-state index contributed by atoms with van der Waals surface area (Å²) >= 11 is 0. The third-order valence-electron chi connectivity index (χ3n) is 2.93. The summed E-state index contributed by atoms with van der Waals surface area (Å²) in [6.45, 7) is 3.49. The number of hydrazone groups is 1. The molecular weight excluding hydrogens is 254 g/mol. The molecule has 2 rings (SSSR count). The van der Waals surface area contributed by atoms with Gasteiger partial charge in [-0.15, -0.1) is 0 Å². The molecule has 0 aliphatic rings. The molecule has 0 fully saturated rings. The van der Waals surface area contributed by atoms with Gasteiger partial charge in [-0.2, -0.15) is 5.10 Å². The molecule has 1 aromatic carbocycles. The average molecular weight is 271 g/mol. The monoisotopic (exact) mass is 271 g/mol. The second-order valence-corrected chi connectivity index (χ2v) is 4.53. The molecule has 5 heteroatoms. The number of aromatic hydroxyl groups is 1. The summed E-state index contributed by atoms with van der Waals surface area (Å²) in [4.78, 5) is 4.00. The molecule has 0 aliphatic carbocycles. The van der Waals surface area contributed by atoms with Gasteiger partial charge in [-0.25, -0.2) is 0 Å². The number of aromatic nitrogens is 1. The van der Waals surface area contributed by atoms with E-state index >= 15 is 0 Å². The Morgan fingerprint density at radius 2 is 2.15 bits per heavy atom. The molecule has 3 N–H and O–H groups in total. The van der Waals surface area contributed by atoms with E-state index in [1.807, 2.05) is 31.2 Å². The van der Waals surface area contributed by atoms with Crippen molar-refractivity contribution in [2.75, 3.05) is 5.43 Å². The van der Waals surface area contributed by atoms with Crippen molar-refractivity contribution >= 4 is 11.9 Å². The van der Waals surface area contributed by atoms with Crippen LogP contribution < -0.4 is 5.43 Å². The zero-order chi connectivity index (χ0) is 14.5. The minimum absolute atomic E-state index is 0.0337. The highest BCUT2D eigenvalue weighted by Gasteiger charge is 2.09. The second-order valence-electron chi connectivity index (χ2n) is 4.53. The highest BCUT2D eigenvalue weighted by atomic mass is 16.3.